The molecular formula is C15H21FN2O. The molecule has 1 unspecified atom stereocenters. The maximum absolute atomic E-state index is 13.3. The quantitative estimate of drug-likeness (QED) is 0.857. The number of hydrogen-bond acceptors (Lipinski definition) is 2. The molecule has 2 atom stereocenters. The van der Waals surface area contributed by atoms with Crippen molar-refractivity contribution in [2.24, 2.45) is 11.7 Å². The van der Waals surface area contributed by atoms with Crippen LogP contribution in [0.1, 0.15) is 38.7 Å². The topological polar surface area (TPSA) is 55.1 Å². The Kier molecular flexibility index (Phi) is 3.90. The van der Waals surface area contributed by atoms with E-state index < -0.39 is 11.6 Å². The lowest BCUT2D eigenvalue weighted by Gasteiger charge is -2.23. The molecule has 3 N–H and O–H groups in total. The van der Waals surface area contributed by atoms with Crippen molar-refractivity contribution in [1.29, 1.82) is 0 Å². The number of hydrogen-bond donors (Lipinski definition) is 2. The van der Waals surface area contributed by atoms with E-state index in [4.69, 9.17) is 5.73 Å². The average molecular weight is 264 g/mol. The molecule has 2 rings (SSSR count). The molecule has 0 heterocycles. The van der Waals surface area contributed by atoms with Crippen LogP contribution in [0.5, 0.6) is 0 Å². The molecule has 0 saturated heterocycles. The zero-order valence-electron chi connectivity index (χ0n) is 11.4. The number of carbonyl (C=O) groups excluding carboxylic acids is 1. The van der Waals surface area contributed by atoms with Crippen molar-refractivity contribution in [3.63, 3.8) is 0 Å². The number of halogens is 1. The number of benzene rings is 1. The lowest BCUT2D eigenvalue weighted by atomic mass is 9.98. The normalized spacial score (nSPS) is 19.6. The van der Waals surface area contributed by atoms with Crippen LogP contribution in [-0.4, -0.2) is 11.9 Å². The van der Waals surface area contributed by atoms with Gasteiger partial charge in [0, 0.05) is 0 Å². The van der Waals surface area contributed by atoms with Crippen LogP contribution in [-0.2, 0) is 10.3 Å². The van der Waals surface area contributed by atoms with E-state index in [2.05, 4.69) is 5.32 Å². The average Bonchev–Trinajstić information content (AvgIpc) is 3.17. The summed E-state index contributed by atoms with van der Waals surface area (Å²) < 4.78 is 13.3. The van der Waals surface area contributed by atoms with Crippen molar-refractivity contribution in [2.45, 2.75) is 44.7 Å². The van der Waals surface area contributed by atoms with Gasteiger partial charge in [0.05, 0.1) is 11.6 Å². The Hall–Kier alpha value is -1.42. The monoisotopic (exact) mass is 264 g/mol. The van der Waals surface area contributed by atoms with Crippen molar-refractivity contribution < 1.29 is 9.18 Å². The second-order valence-electron chi connectivity index (χ2n) is 5.49. The minimum Gasteiger partial charge on any atom is -0.345 e. The molecule has 1 aromatic carbocycles. The highest BCUT2D eigenvalue weighted by molar-refractivity contribution is 5.83. The van der Waals surface area contributed by atoms with Gasteiger partial charge in [-0.15, -0.1) is 0 Å². The number of nitrogens with one attached hydrogen (secondary N) is 1. The molecule has 19 heavy (non-hydrogen) atoms. The minimum absolute atomic E-state index is 0.142. The van der Waals surface area contributed by atoms with Gasteiger partial charge in [0.25, 0.3) is 0 Å². The van der Waals surface area contributed by atoms with Gasteiger partial charge in [-0.1, -0.05) is 32.4 Å². The SMILES string of the molecule is CCC(C)[C@H](N)C(=O)NC1(c2cccc(F)c2)CC1. The molecule has 0 bridgehead atoms. The van der Waals surface area contributed by atoms with Crippen LogP contribution in [0.25, 0.3) is 0 Å². The Morgan fingerprint density at radius 2 is 2.21 bits per heavy atom. The summed E-state index contributed by atoms with van der Waals surface area (Å²) in [5.74, 6) is -0.274. The van der Waals surface area contributed by atoms with Crippen molar-refractivity contribution >= 4 is 5.91 Å². The first-order chi connectivity index (χ1) is 8.98. The lowest BCUT2D eigenvalue weighted by molar-refractivity contribution is -0.124. The molecule has 0 aliphatic heterocycles. The van der Waals surface area contributed by atoms with Crippen LogP contribution < -0.4 is 11.1 Å². The summed E-state index contributed by atoms with van der Waals surface area (Å²) in [7, 11) is 0. The highest BCUT2D eigenvalue weighted by Gasteiger charge is 2.46. The first kappa shape index (κ1) is 14.0. The summed E-state index contributed by atoms with van der Waals surface area (Å²) in [4.78, 5) is 12.1. The summed E-state index contributed by atoms with van der Waals surface area (Å²) in [5.41, 5.74) is 6.36. The summed E-state index contributed by atoms with van der Waals surface area (Å²) in [5, 5.41) is 3.00. The van der Waals surface area contributed by atoms with Gasteiger partial charge >= 0.3 is 0 Å². The molecule has 104 valence electrons. The Morgan fingerprint density at radius 1 is 1.53 bits per heavy atom. The van der Waals surface area contributed by atoms with Crippen LogP contribution in [0.2, 0.25) is 0 Å². The Labute approximate surface area is 113 Å². The molecule has 0 radical (unpaired) electrons. The van der Waals surface area contributed by atoms with E-state index in [1.54, 1.807) is 6.07 Å². The van der Waals surface area contributed by atoms with Crippen LogP contribution in [0.15, 0.2) is 24.3 Å². The van der Waals surface area contributed by atoms with E-state index >= 15 is 0 Å². The zero-order chi connectivity index (χ0) is 14.0. The summed E-state index contributed by atoms with van der Waals surface area (Å²) >= 11 is 0. The molecule has 1 aliphatic carbocycles. The predicted molar refractivity (Wildman–Crippen MR) is 72.9 cm³/mol. The largest absolute Gasteiger partial charge is 0.345 e. The van der Waals surface area contributed by atoms with Gasteiger partial charge in [-0.25, -0.2) is 4.39 Å². The number of carbonyl (C=O) groups is 1. The third-order valence-corrected chi connectivity index (χ3v) is 4.05. The van der Waals surface area contributed by atoms with Crippen LogP contribution in [0.3, 0.4) is 0 Å². The van der Waals surface area contributed by atoms with E-state index in [-0.39, 0.29) is 17.6 Å². The first-order valence-corrected chi connectivity index (χ1v) is 6.82. The van der Waals surface area contributed by atoms with Crippen molar-refractivity contribution in [3.8, 4) is 0 Å². The Balaban J connectivity index is 2.08. The van der Waals surface area contributed by atoms with Crippen LogP contribution in [0.4, 0.5) is 4.39 Å². The molecule has 1 amide bonds. The molecule has 0 spiro atoms. The molecule has 1 aliphatic rings. The fourth-order valence-corrected chi connectivity index (χ4v) is 2.23. The maximum Gasteiger partial charge on any atom is 0.237 e. The number of rotatable bonds is 5. The molecule has 4 heteroatoms. The lowest BCUT2D eigenvalue weighted by Crippen LogP contribution is -2.48. The van der Waals surface area contributed by atoms with E-state index in [9.17, 15) is 9.18 Å². The maximum atomic E-state index is 13.3. The second kappa shape index (κ2) is 5.29. The molecular weight excluding hydrogens is 243 g/mol. The molecule has 3 nitrogen and oxygen atoms in total. The van der Waals surface area contributed by atoms with E-state index in [1.807, 2.05) is 19.9 Å². The first-order valence-electron chi connectivity index (χ1n) is 6.82. The van der Waals surface area contributed by atoms with Crippen LogP contribution in [0, 0.1) is 11.7 Å². The van der Waals surface area contributed by atoms with E-state index in [0.717, 1.165) is 24.8 Å². The highest BCUT2D eigenvalue weighted by Crippen LogP contribution is 2.45. The molecule has 0 aromatic heterocycles. The third kappa shape index (κ3) is 2.95. The molecule has 1 aromatic rings. The van der Waals surface area contributed by atoms with Crippen molar-refractivity contribution in [3.05, 3.63) is 35.6 Å². The fraction of sp³-hybridized carbons (Fsp3) is 0.533. The third-order valence-electron chi connectivity index (χ3n) is 4.05. The van der Waals surface area contributed by atoms with Gasteiger partial charge in [-0.05, 0) is 36.5 Å². The summed E-state index contributed by atoms with van der Waals surface area (Å²) in [6.07, 6.45) is 2.55. The van der Waals surface area contributed by atoms with E-state index in [0.29, 0.717) is 0 Å². The van der Waals surface area contributed by atoms with Crippen molar-refractivity contribution in [2.75, 3.05) is 0 Å². The predicted octanol–water partition coefficient (Wildman–Crippen LogP) is 2.30. The summed E-state index contributed by atoms with van der Waals surface area (Å²) in [6.45, 7) is 3.98. The Bertz CT molecular complexity index is 471. The van der Waals surface area contributed by atoms with Crippen LogP contribution >= 0.6 is 0 Å². The van der Waals surface area contributed by atoms with E-state index in [1.165, 1.54) is 12.1 Å². The van der Waals surface area contributed by atoms with Gasteiger partial charge in [-0.3, -0.25) is 4.79 Å². The number of amides is 1. The fourth-order valence-electron chi connectivity index (χ4n) is 2.23. The van der Waals surface area contributed by atoms with Gasteiger partial charge in [0.2, 0.25) is 5.91 Å². The van der Waals surface area contributed by atoms with Gasteiger partial charge < -0.3 is 11.1 Å². The Morgan fingerprint density at radius 3 is 2.74 bits per heavy atom. The van der Waals surface area contributed by atoms with Gasteiger partial charge in [0.1, 0.15) is 5.82 Å². The minimum atomic E-state index is -0.504. The zero-order valence-corrected chi connectivity index (χ0v) is 11.4. The summed E-state index contributed by atoms with van der Waals surface area (Å²) in [6, 6.07) is 5.92. The standard InChI is InChI=1S/C15H21FN2O/c1-3-10(2)13(17)14(19)18-15(7-8-15)11-5-4-6-12(16)9-11/h4-6,9-10,13H,3,7-8,17H2,1-2H3,(H,18,19)/t10?,13-/m0/s1. The van der Waals surface area contributed by atoms with Gasteiger partial charge in [0.15, 0.2) is 0 Å². The van der Waals surface area contributed by atoms with Crippen molar-refractivity contribution in [1.82, 2.24) is 5.32 Å². The second-order valence-corrected chi connectivity index (χ2v) is 5.49. The molecule has 1 saturated carbocycles. The highest BCUT2D eigenvalue weighted by atomic mass is 19.1. The van der Waals surface area contributed by atoms with Gasteiger partial charge in [-0.2, -0.15) is 0 Å². The smallest absolute Gasteiger partial charge is 0.237 e. The number of nitrogens with two attached hydrogens (primary N) is 1. The molecule has 1 fully saturated rings.